The van der Waals surface area contributed by atoms with E-state index in [9.17, 15) is 4.39 Å². The summed E-state index contributed by atoms with van der Waals surface area (Å²) in [7, 11) is 0. The average molecular weight is 272 g/mol. The van der Waals surface area contributed by atoms with Crippen LogP contribution in [0.25, 0.3) is 5.69 Å². The molecule has 102 valence electrons. The average Bonchev–Trinajstić information content (AvgIpc) is 3.08. The largest absolute Gasteiger partial charge is 0.241 e. The van der Waals surface area contributed by atoms with Gasteiger partial charge in [0.1, 0.15) is 5.82 Å². The van der Waals surface area contributed by atoms with Crippen molar-refractivity contribution in [3.8, 4) is 5.69 Å². The van der Waals surface area contributed by atoms with Gasteiger partial charge in [0.25, 0.3) is 0 Å². The van der Waals surface area contributed by atoms with Gasteiger partial charge in [-0.25, -0.2) is 13.8 Å². The Labute approximate surface area is 114 Å². The topological polar surface area (TPSA) is 61.4 Å². The fourth-order valence-electron chi connectivity index (χ4n) is 1.96. The lowest BCUT2D eigenvalue weighted by molar-refractivity contribution is 0.605. The standard InChI is InChI=1S/C13H13FN6/c1-2-13-15-17-18-20(13)9-11-6-7-19(16-11)12-5-3-4-10(14)8-12/h3-8H,2,9H2,1H3. The molecule has 7 heteroatoms. The maximum atomic E-state index is 13.2. The lowest BCUT2D eigenvalue weighted by Gasteiger charge is -2.02. The van der Waals surface area contributed by atoms with Crippen molar-refractivity contribution in [2.24, 2.45) is 0 Å². The fourth-order valence-corrected chi connectivity index (χ4v) is 1.96. The first-order valence-corrected chi connectivity index (χ1v) is 6.32. The molecular formula is C13H13FN6. The first-order chi connectivity index (χ1) is 9.76. The van der Waals surface area contributed by atoms with Crippen molar-refractivity contribution in [2.45, 2.75) is 19.9 Å². The van der Waals surface area contributed by atoms with Crippen LogP contribution in [0.5, 0.6) is 0 Å². The van der Waals surface area contributed by atoms with Gasteiger partial charge in [-0.2, -0.15) is 5.10 Å². The predicted molar refractivity (Wildman–Crippen MR) is 69.8 cm³/mol. The maximum Gasteiger partial charge on any atom is 0.151 e. The highest BCUT2D eigenvalue weighted by Gasteiger charge is 2.07. The van der Waals surface area contributed by atoms with Crippen LogP contribution in [0, 0.1) is 5.82 Å². The molecule has 0 atom stereocenters. The van der Waals surface area contributed by atoms with E-state index in [0.717, 1.165) is 17.9 Å². The van der Waals surface area contributed by atoms with E-state index in [4.69, 9.17) is 0 Å². The van der Waals surface area contributed by atoms with E-state index in [-0.39, 0.29) is 5.82 Å². The highest BCUT2D eigenvalue weighted by Crippen LogP contribution is 2.10. The van der Waals surface area contributed by atoms with Gasteiger partial charge in [0, 0.05) is 12.6 Å². The first-order valence-electron chi connectivity index (χ1n) is 6.32. The van der Waals surface area contributed by atoms with E-state index in [1.165, 1.54) is 12.1 Å². The van der Waals surface area contributed by atoms with Gasteiger partial charge in [0.05, 0.1) is 17.9 Å². The molecule has 0 amide bonds. The van der Waals surface area contributed by atoms with Crippen molar-refractivity contribution in [3.63, 3.8) is 0 Å². The zero-order valence-electron chi connectivity index (χ0n) is 10.9. The van der Waals surface area contributed by atoms with E-state index >= 15 is 0 Å². The molecule has 6 nitrogen and oxygen atoms in total. The molecule has 0 aliphatic heterocycles. The van der Waals surface area contributed by atoms with Crippen molar-refractivity contribution in [1.82, 2.24) is 30.0 Å². The van der Waals surface area contributed by atoms with Gasteiger partial charge in [0.2, 0.25) is 0 Å². The van der Waals surface area contributed by atoms with Gasteiger partial charge in [-0.05, 0) is 34.7 Å². The highest BCUT2D eigenvalue weighted by molar-refractivity contribution is 5.31. The number of benzene rings is 1. The van der Waals surface area contributed by atoms with Gasteiger partial charge in [-0.15, -0.1) is 5.10 Å². The Bertz CT molecular complexity index is 717. The lowest BCUT2D eigenvalue weighted by atomic mass is 10.3. The summed E-state index contributed by atoms with van der Waals surface area (Å²) in [5.41, 5.74) is 1.50. The molecule has 0 N–H and O–H groups in total. The Morgan fingerprint density at radius 3 is 2.95 bits per heavy atom. The van der Waals surface area contributed by atoms with Gasteiger partial charge >= 0.3 is 0 Å². The van der Waals surface area contributed by atoms with Crippen molar-refractivity contribution in [2.75, 3.05) is 0 Å². The van der Waals surface area contributed by atoms with Gasteiger partial charge in [-0.3, -0.25) is 0 Å². The summed E-state index contributed by atoms with van der Waals surface area (Å²) in [6, 6.07) is 8.16. The van der Waals surface area contributed by atoms with Gasteiger partial charge in [-0.1, -0.05) is 13.0 Å². The molecule has 0 spiro atoms. The first kappa shape index (κ1) is 12.5. The minimum absolute atomic E-state index is 0.284. The van der Waals surface area contributed by atoms with Crippen LogP contribution in [0.15, 0.2) is 36.5 Å². The fraction of sp³-hybridized carbons (Fsp3) is 0.231. The second-order valence-electron chi connectivity index (χ2n) is 4.34. The Hall–Kier alpha value is -2.57. The molecule has 0 fully saturated rings. The van der Waals surface area contributed by atoms with Gasteiger partial charge < -0.3 is 0 Å². The van der Waals surface area contributed by atoms with Crippen molar-refractivity contribution >= 4 is 0 Å². The molecule has 0 bridgehead atoms. The molecule has 20 heavy (non-hydrogen) atoms. The number of aromatic nitrogens is 6. The molecule has 0 saturated carbocycles. The molecule has 0 saturated heterocycles. The third-order valence-electron chi connectivity index (χ3n) is 2.95. The summed E-state index contributed by atoms with van der Waals surface area (Å²) in [5, 5.41) is 15.9. The van der Waals surface area contributed by atoms with Crippen molar-refractivity contribution in [3.05, 3.63) is 53.9 Å². The van der Waals surface area contributed by atoms with E-state index in [1.807, 2.05) is 13.0 Å². The van der Waals surface area contributed by atoms with Crippen molar-refractivity contribution in [1.29, 1.82) is 0 Å². The summed E-state index contributed by atoms with van der Waals surface area (Å²) < 4.78 is 16.5. The quantitative estimate of drug-likeness (QED) is 0.724. The van der Waals surface area contributed by atoms with Crippen LogP contribution in [0.3, 0.4) is 0 Å². The molecule has 3 rings (SSSR count). The summed E-state index contributed by atoms with van der Waals surface area (Å²) in [4.78, 5) is 0. The Morgan fingerprint density at radius 2 is 2.15 bits per heavy atom. The molecular weight excluding hydrogens is 259 g/mol. The molecule has 2 heterocycles. The molecule has 1 aromatic carbocycles. The summed E-state index contributed by atoms with van der Waals surface area (Å²) in [6.45, 7) is 2.49. The van der Waals surface area contributed by atoms with Crippen LogP contribution in [0.1, 0.15) is 18.4 Å². The van der Waals surface area contributed by atoms with E-state index in [1.54, 1.807) is 27.7 Å². The minimum atomic E-state index is -0.284. The van der Waals surface area contributed by atoms with Crippen molar-refractivity contribution < 1.29 is 4.39 Å². The number of halogens is 1. The van der Waals surface area contributed by atoms with Crippen LogP contribution in [-0.2, 0) is 13.0 Å². The highest BCUT2D eigenvalue weighted by atomic mass is 19.1. The van der Waals surface area contributed by atoms with E-state index in [0.29, 0.717) is 12.2 Å². The SMILES string of the molecule is CCc1nnnn1Cc1ccn(-c2cccc(F)c2)n1. The summed E-state index contributed by atoms with van der Waals surface area (Å²) in [5.74, 6) is 0.526. The second kappa shape index (κ2) is 5.20. The number of rotatable bonds is 4. The van der Waals surface area contributed by atoms with E-state index in [2.05, 4.69) is 20.6 Å². The Balaban J connectivity index is 1.84. The van der Waals surface area contributed by atoms with Crippen LogP contribution < -0.4 is 0 Å². The number of tetrazole rings is 1. The lowest BCUT2D eigenvalue weighted by Crippen LogP contribution is -2.07. The van der Waals surface area contributed by atoms with Gasteiger partial charge in [0.15, 0.2) is 5.82 Å². The Morgan fingerprint density at radius 1 is 1.25 bits per heavy atom. The molecule has 0 aliphatic rings. The Kier molecular flexibility index (Phi) is 3.24. The maximum absolute atomic E-state index is 13.2. The smallest absolute Gasteiger partial charge is 0.151 e. The zero-order chi connectivity index (χ0) is 13.9. The molecule has 2 aromatic heterocycles. The predicted octanol–water partition coefficient (Wildman–Crippen LogP) is 1.61. The van der Waals surface area contributed by atoms with Crippen LogP contribution in [0.4, 0.5) is 4.39 Å². The number of hydrogen-bond donors (Lipinski definition) is 0. The zero-order valence-corrected chi connectivity index (χ0v) is 10.9. The molecule has 3 aromatic rings. The molecule has 0 aliphatic carbocycles. The minimum Gasteiger partial charge on any atom is -0.241 e. The van der Waals surface area contributed by atoms with E-state index < -0.39 is 0 Å². The normalized spacial score (nSPS) is 10.9. The molecule has 0 radical (unpaired) electrons. The number of aryl methyl sites for hydroxylation is 1. The summed E-state index contributed by atoms with van der Waals surface area (Å²) >= 11 is 0. The third-order valence-corrected chi connectivity index (χ3v) is 2.95. The molecule has 0 unspecified atom stereocenters. The summed E-state index contributed by atoms with van der Waals surface area (Å²) in [6.07, 6.45) is 2.55. The number of hydrogen-bond acceptors (Lipinski definition) is 4. The second-order valence-corrected chi connectivity index (χ2v) is 4.34. The van der Waals surface area contributed by atoms with Crippen LogP contribution in [0.2, 0.25) is 0 Å². The van der Waals surface area contributed by atoms with Crippen LogP contribution in [-0.4, -0.2) is 30.0 Å². The monoisotopic (exact) mass is 272 g/mol. The van der Waals surface area contributed by atoms with Crippen LogP contribution >= 0.6 is 0 Å². The third kappa shape index (κ3) is 2.42. The number of nitrogens with zero attached hydrogens (tertiary/aromatic N) is 6.